The molecule has 4 rings (SSSR count). The van der Waals surface area contributed by atoms with E-state index in [1.807, 2.05) is 114 Å². The lowest BCUT2D eigenvalue weighted by atomic mass is 9.77. The van der Waals surface area contributed by atoms with Crippen LogP contribution in [0.15, 0.2) is 91.0 Å². The van der Waals surface area contributed by atoms with E-state index in [-0.39, 0.29) is 5.82 Å². The Morgan fingerprint density at radius 3 is 1.54 bits per heavy atom. The maximum absolute atomic E-state index is 12.0. The molecule has 28 heavy (non-hydrogen) atoms. The molecule has 1 aromatic heterocycles. The Kier molecular flexibility index (Phi) is 4.95. The molecule has 0 spiro atoms. The maximum atomic E-state index is 12.0. The van der Waals surface area contributed by atoms with Crippen molar-refractivity contribution in [1.29, 1.82) is 0 Å². The van der Waals surface area contributed by atoms with Gasteiger partial charge < -0.3 is 5.11 Å². The summed E-state index contributed by atoms with van der Waals surface area (Å²) in [7, 11) is 0. The molecule has 3 aromatic carbocycles. The quantitative estimate of drug-likeness (QED) is 0.339. The van der Waals surface area contributed by atoms with Crippen LogP contribution in [-0.2, 0) is 5.54 Å². The van der Waals surface area contributed by atoms with Gasteiger partial charge >= 0.3 is 5.97 Å². The first-order chi connectivity index (χ1) is 13.6. The minimum absolute atomic E-state index is 0.110. The smallest absolute Gasteiger partial charge is 0.373 e. The van der Waals surface area contributed by atoms with Gasteiger partial charge in [0.05, 0.1) is 0 Å². The molecule has 1 heterocycles. The minimum Gasteiger partial charge on any atom is -0.475 e. The van der Waals surface area contributed by atoms with Crippen LogP contribution in [-0.4, -0.2) is 25.8 Å². The number of halogens is 1. The molecular weight excluding hydrogens is 465 g/mol. The van der Waals surface area contributed by atoms with Gasteiger partial charge in [0, 0.05) is 22.6 Å². The van der Waals surface area contributed by atoms with E-state index in [1.54, 1.807) is 0 Å². The van der Waals surface area contributed by atoms with Crippen molar-refractivity contribution in [3.63, 3.8) is 0 Å². The zero-order valence-electron chi connectivity index (χ0n) is 14.7. The Morgan fingerprint density at radius 2 is 1.18 bits per heavy atom. The Morgan fingerprint density at radius 1 is 0.786 bits per heavy atom. The summed E-state index contributed by atoms with van der Waals surface area (Å²) in [5, 5.41) is 14.4. The van der Waals surface area contributed by atoms with E-state index in [2.05, 4.69) is 10.1 Å². The van der Waals surface area contributed by atoms with Crippen molar-refractivity contribution in [2.75, 3.05) is 0 Å². The molecule has 0 unspecified atom stereocenters. The first-order valence-electron chi connectivity index (χ1n) is 8.67. The van der Waals surface area contributed by atoms with E-state index in [0.717, 1.165) is 16.7 Å². The number of hydrogen-bond donors (Lipinski definition) is 1. The fourth-order valence-corrected chi connectivity index (χ4v) is 4.01. The molecule has 0 aliphatic carbocycles. The van der Waals surface area contributed by atoms with Crippen LogP contribution in [0.5, 0.6) is 0 Å². The largest absolute Gasteiger partial charge is 0.475 e. The van der Waals surface area contributed by atoms with Gasteiger partial charge in [-0.25, -0.2) is 9.48 Å². The molecule has 6 heteroatoms. The van der Waals surface area contributed by atoms with Crippen LogP contribution in [0, 0.1) is 3.83 Å². The number of carbonyl (C=O) groups is 1. The van der Waals surface area contributed by atoms with E-state index in [1.165, 1.54) is 4.68 Å². The fourth-order valence-electron chi connectivity index (χ4n) is 3.56. The number of carboxylic acid groups (broad SMARTS) is 1. The van der Waals surface area contributed by atoms with Gasteiger partial charge in [-0.15, -0.1) is 5.10 Å². The van der Waals surface area contributed by atoms with E-state index < -0.39 is 11.5 Å². The fraction of sp³-hybridized carbons (Fsp3) is 0.0455. The van der Waals surface area contributed by atoms with Crippen LogP contribution in [0.2, 0.25) is 0 Å². The number of rotatable bonds is 5. The summed E-state index contributed by atoms with van der Waals surface area (Å²) >= 11 is 1.95. The lowest BCUT2D eigenvalue weighted by Gasteiger charge is -2.36. The standard InChI is InChI=1S/C22H16IN3O2/c23-21-24-19(20(27)28)26(25-21)22(16-10-4-1-5-11-16,17-12-6-2-7-13-17)18-14-8-3-9-15-18/h1-15H,(H,27,28). The zero-order chi connectivity index (χ0) is 19.6. The zero-order valence-corrected chi connectivity index (χ0v) is 16.9. The number of nitrogens with zero attached hydrogens (tertiary/aromatic N) is 3. The van der Waals surface area contributed by atoms with Crippen molar-refractivity contribution in [1.82, 2.24) is 14.8 Å². The van der Waals surface area contributed by atoms with E-state index in [0.29, 0.717) is 3.83 Å². The summed E-state index contributed by atoms with van der Waals surface area (Å²) in [6, 6.07) is 29.4. The Balaban J connectivity index is 2.19. The number of benzene rings is 3. The van der Waals surface area contributed by atoms with Crippen molar-refractivity contribution in [3.05, 3.63) is 117 Å². The molecule has 4 aromatic rings. The van der Waals surface area contributed by atoms with Crippen LogP contribution in [0.4, 0.5) is 0 Å². The van der Waals surface area contributed by atoms with Gasteiger partial charge in [0.15, 0.2) is 0 Å². The van der Waals surface area contributed by atoms with Gasteiger partial charge in [0.25, 0.3) is 0 Å². The summed E-state index contributed by atoms with van der Waals surface area (Å²) in [5.41, 5.74) is 1.72. The SMILES string of the molecule is O=C(O)c1nc(I)nn1C(c1ccccc1)(c1ccccc1)c1ccccc1. The maximum Gasteiger partial charge on any atom is 0.373 e. The molecular formula is C22H16IN3O2. The van der Waals surface area contributed by atoms with Crippen LogP contribution in [0.1, 0.15) is 27.3 Å². The van der Waals surface area contributed by atoms with Crippen molar-refractivity contribution < 1.29 is 9.90 Å². The first-order valence-corrected chi connectivity index (χ1v) is 9.75. The molecule has 0 aliphatic rings. The lowest BCUT2D eigenvalue weighted by molar-refractivity contribution is 0.0672. The first kappa shape index (κ1) is 18.4. The number of aromatic carboxylic acids is 1. The third kappa shape index (κ3) is 2.99. The van der Waals surface area contributed by atoms with Gasteiger partial charge in [0.2, 0.25) is 9.66 Å². The average Bonchev–Trinajstić information content (AvgIpc) is 3.13. The summed E-state index contributed by atoms with van der Waals surface area (Å²) in [4.78, 5) is 16.2. The topological polar surface area (TPSA) is 68.0 Å². The molecule has 0 saturated heterocycles. The van der Waals surface area contributed by atoms with Crippen molar-refractivity contribution in [2.24, 2.45) is 0 Å². The van der Waals surface area contributed by atoms with Crippen molar-refractivity contribution in [3.8, 4) is 0 Å². The highest BCUT2D eigenvalue weighted by molar-refractivity contribution is 14.1. The number of carboxylic acids is 1. The Labute approximate surface area is 175 Å². The van der Waals surface area contributed by atoms with E-state index in [4.69, 9.17) is 0 Å². The summed E-state index contributed by atoms with van der Waals surface area (Å²) in [5.74, 6) is -1.23. The molecule has 0 fully saturated rings. The summed E-state index contributed by atoms with van der Waals surface area (Å²) < 4.78 is 1.90. The molecule has 138 valence electrons. The molecule has 0 saturated carbocycles. The highest BCUT2D eigenvalue weighted by Crippen LogP contribution is 2.41. The average molecular weight is 481 g/mol. The van der Waals surface area contributed by atoms with Crippen LogP contribution >= 0.6 is 22.6 Å². The molecule has 0 radical (unpaired) electrons. The van der Waals surface area contributed by atoms with Crippen LogP contribution in [0.3, 0.4) is 0 Å². The normalized spacial score (nSPS) is 11.3. The second-order valence-corrected chi connectivity index (χ2v) is 7.19. The second-order valence-electron chi connectivity index (χ2n) is 6.23. The Hall–Kier alpha value is -3.00. The van der Waals surface area contributed by atoms with Gasteiger partial charge in [-0.05, 0) is 16.7 Å². The molecule has 0 aliphatic heterocycles. The monoisotopic (exact) mass is 481 g/mol. The number of hydrogen-bond acceptors (Lipinski definition) is 3. The van der Waals surface area contributed by atoms with Crippen molar-refractivity contribution in [2.45, 2.75) is 5.54 Å². The van der Waals surface area contributed by atoms with E-state index >= 15 is 0 Å². The van der Waals surface area contributed by atoms with Gasteiger partial charge in [0.1, 0.15) is 5.54 Å². The lowest BCUT2D eigenvalue weighted by Crippen LogP contribution is -2.40. The third-order valence-corrected chi connectivity index (χ3v) is 5.12. The van der Waals surface area contributed by atoms with Gasteiger partial charge in [-0.3, -0.25) is 0 Å². The molecule has 1 N–H and O–H groups in total. The third-order valence-electron chi connectivity index (χ3n) is 4.66. The molecule has 0 amide bonds. The van der Waals surface area contributed by atoms with Crippen LogP contribution in [0.25, 0.3) is 0 Å². The molecule has 0 bridgehead atoms. The predicted octanol–water partition coefficient (Wildman–Crippen LogP) is 4.42. The number of aromatic nitrogens is 3. The minimum atomic E-state index is -1.12. The Bertz CT molecular complexity index is 1000. The summed E-state index contributed by atoms with van der Waals surface area (Å²) in [6.07, 6.45) is 0. The van der Waals surface area contributed by atoms with E-state index in [9.17, 15) is 9.90 Å². The second kappa shape index (κ2) is 7.55. The highest BCUT2D eigenvalue weighted by atomic mass is 127. The molecule has 0 atom stereocenters. The van der Waals surface area contributed by atoms with Crippen molar-refractivity contribution >= 4 is 28.6 Å². The van der Waals surface area contributed by atoms with Crippen LogP contribution < -0.4 is 0 Å². The summed E-state index contributed by atoms with van der Waals surface area (Å²) in [6.45, 7) is 0. The van der Waals surface area contributed by atoms with Gasteiger partial charge in [-0.2, -0.15) is 4.98 Å². The van der Waals surface area contributed by atoms with Gasteiger partial charge in [-0.1, -0.05) is 91.0 Å². The predicted molar refractivity (Wildman–Crippen MR) is 114 cm³/mol. The highest BCUT2D eigenvalue weighted by Gasteiger charge is 2.42. The molecule has 5 nitrogen and oxygen atoms in total.